The van der Waals surface area contributed by atoms with Crippen LogP contribution in [0.3, 0.4) is 0 Å². The van der Waals surface area contributed by atoms with E-state index in [1.165, 1.54) is 5.56 Å². The molecule has 1 heterocycles. The Balaban J connectivity index is 2.20. The molecule has 0 bridgehead atoms. The van der Waals surface area contributed by atoms with Crippen LogP contribution in [0.2, 0.25) is 0 Å². The van der Waals surface area contributed by atoms with Crippen molar-refractivity contribution < 1.29 is 4.74 Å². The van der Waals surface area contributed by atoms with Crippen molar-refractivity contribution in [3.05, 3.63) is 34.3 Å². The number of halogens is 1. The Morgan fingerprint density at radius 2 is 2.36 bits per heavy atom. The Morgan fingerprint density at radius 3 is 3.07 bits per heavy atom. The number of hydrogen-bond donors (Lipinski definition) is 1. The summed E-state index contributed by atoms with van der Waals surface area (Å²) in [5.74, 6) is 0. The Kier molecular flexibility index (Phi) is 3.21. The minimum absolute atomic E-state index is 0.182. The number of nitrogens with one attached hydrogen (secondary N) is 1. The summed E-state index contributed by atoms with van der Waals surface area (Å²) in [4.78, 5) is 0. The van der Waals surface area contributed by atoms with Crippen LogP contribution in [0.4, 0.5) is 0 Å². The molecular formula is C11H14BrNO. The van der Waals surface area contributed by atoms with E-state index in [9.17, 15) is 0 Å². The van der Waals surface area contributed by atoms with Gasteiger partial charge < -0.3 is 10.1 Å². The Hall–Kier alpha value is -0.380. The Morgan fingerprint density at radius 1 is 1.50 bits per heavy atom. The molecule has 2 unspecified atom stereocenters. The zero-order valence-electron chi connectivity index (χ0n) is 8.16. The highest BCUT2D eigenvalue weighted by atomic mass is 79.9. The summed E-state index contributed by atoms with van der Waals surface area (Å²) in [7, 11) is 0. The van der Waals surface area contributed by atoms with E-state index in [0.29, 0.717) is 6.04 Å². The van der Waals surface area contributed by atoms with Gasteiger partial charge in [0.15, 0.2) is 0 Å². The maximum absolute atomic E-state index is 5.75. The van der Waals surface area contributed by atoms with Crippen molar-refractivity contribution in [1.29, 1.82) is 0 Å². The lowest BCUT2D eigenvalue weighted by atomic mass is 10.0. The maximum atomic E-state index is 5.75. The quantitative estimate of drug-likeness (QED) is 0.833. The second kappa shape index (κ2) is 4.43. The molecule has 2 nitrogen and oxygen atoms in total. The van der Waals surface area contributed by atoms with Gasteiger partial charge in [0.1, 0.15) is 0 Å². The van der Waals surface area contributed by atoms with Crippen LogP contribution in [0, 0.1) is 0 Å². The number of hydrogen-bond acceptors (Lipinski definition) is 2. The van der Waals surface area contributed by atoms with Crippen molar-refractivity contribution in [2.75, 3.05) is 13.2 Å². The fraction of sp³-hybridized carbons (Fsp3) is 0.455. The van der Waals surface area contributed by atoms with Crippen molar-refractivity contribution in [3.63, 3.8) is 0 Å². The van der Waals surface area contributed by atoms with Crippen LogP contribution in [0.15, 0.2) is 28.7 Å². The summed E-state index contributed by atoms with van der Waals surface area (Å²) in [6.45, 7) is 3.90. The summed E-state index contributed by atoms with van der Waals surface area (Å²) in [5.41, 5.74) is 1.24. The van der Waals surface area contributed by atoms with E-state index in [4.69, 9.17) is 4.74 Å². The normalized spacial score (nSPS) is 27.6. The maximum Gasteiger partial charge on any atom is 0.0976 e. The molecule has 1 aliphatic rings. The van der Waals surface area contributed by atoms with Crippen LogP contribution in [0.5, 0.6) is 0 Å². The summed E-state index contributed by atoms with van der Waals surface area (Å²) >= 11 is 3.47. The monoisotopic (exact) mass is 255 g/mol. The van der Waals surface area contributed by atoms with Crippen molar-refractivity contribution in [2.24, 2.45) is 0 Å². The average molecular weight is 256 g/mol. The van der Waals surface area contributed by atoms with E-state index in [1.807, 2.05) is 12.1 Å². The molecule has 3 heteroatoms. The molecule has 0 saturated carbocycles. The molecule has 1 aromatic rings. The molecule has 76 valence electrons. The lowest BCUT2D eigenvalue weighted by Crippen LogP contribution is -2.41. The number of benzene rings is 1. The molecule has 0 aromatic heterocycles. The number of ether oxygens (including phenoxy) is 1. The van der Waals surface area contributed by atoms with Crippen molar-refractivity contribution >= 4 is 15.9 Å². The molecule has 2 atom stereocenters. The molecule has 1 saturated heterocycles. The molecule has 0 spiro atoms. The van der Waals surface area contributed by atoms with E-state index in [-0.39, 0.29) is 6.10 Å². The highest BCUT2D eigenvalue weighted by molar-refractivity contribution is 9.10. The van der Waals surface area contributed by atoms with Gasteiger partial charge in [-0.15, -0.1) is 0 Å². The van der Waals surface area contributed by atoms with E-state index in [1.54, 1.807) is 0 Å². The molecule has 0 aliphatic carbocycles. The number of morpholine rings is 1. The fourth-order valence-corrected chi connectivity index (χ4v) is 2.21. The van der Waals surface area contributed by atoms with Gasteiger partial charge in [0.25, 0.3) is 0 Å². The van der Waals surface area contributed by atoms with Crippen molar-refractivity contribution in [1.82, 2.24) is 5.32 Å². The largest absolute Gasteiger partial charge is 0.371 e. The molecule has 0 amide bonds. The van der Waals surface area contributed by atoms with Crippen molar-refractivity contribution in [3.8, 4) is 0 Å². The summed E-state index contributed by atoms with van der Waals surface area (Å²) in [6, 6.07) is 8.69. The summed E-state index contributed by atoms with van der Waals surface area (Å²) in [6.07, 6.45) is 0.182. The zero-order valence-corrected chi connectivity index (χ0v) is 9.75. The van der Waals surface area contributed by atoms with Gasteiger partial charge >= 0.3 is 0 Å². The third-order valence-electron chi connectivity index (χ3n) is 2.50. The Labute approximate surface area is 92.8 Å². The topological polar surface area (TPSA) is 21.3 Å². The first kappa shape index (κ1) is 10.1. The first-order chi connectivity index (χ1) is 6.77. The summed E-state index contributed by atoms with van der Waals surface area (Å²) in [5, 5.41) is 3.41. The third-order valence-corrected chi connectivity index (χ3v) is 2.99. The van der Waals surface area contributed by atoms with E-state index >= 15 is 0 Å². The first-order valence-electron chi connectivity index (χ1n) is 4.88. The van der Waals surface area contributed by atoms with Gasteiger partial charge in [0, 0.05) is 17.1 Å². The molecule has 1 fully saturated rings. The third kappa shape index (κ3) is 2.16. The fourth-order valence-electron chi connectivity index (χ4n) is 1.79. The average Bonchev–Trinajstić information content (AvgIpc) is 2.18. The van der Waals surface area contributed by atoms with Crippen LogP contribution in [0.1, 0.15) is 18.6 Å². The van der Waals surface area contributed by atoms with Crippen LogP contribution in [0.25, 0.3) is 0 Å². The molecule has 2 rings (SSSR count). The first-order valence-corrected chi connectivity index (χ1v) is 5.67. The second-order valence-electron chi connectivity index (χ2n) is 3.59. The van der Waals surface area contributed by atoms with Gasteiger partial charge in [-0.2, -0.15) is 0 Å². The van der Waals surface area contributed by atoms with E-state index in [2.05, 4.69) is 40.3 Å². The highest BCUT2D eigenvalue weighted by Crippen LogP contribution is 2.25. The molecular weight excluding hydrogens is 242 g/mol. The van der Waals surface area contributed by atoms with Crippen LogP contribution in [-0.4, -0.2) is 19.2 Å². The molecule has 0 radical (unpaired) electrons. The summed E-state index contributed by atoms with van der Waals surface area (Å²) < 4.78 is 6.86. The SMILES string of the molecule is CC1NCCOC1c1cccc(Br)c1. The van der Waals surface area contributed by atoms with E-state index < -0.39 is 0 Å². The zero-order chi connectivity index (χ0) is 9.97. The lowest BCUT2D eigenvalue weighted by molar-refractivity contribution is -0.000254. The van der Waals surface area contributed by atoms with Crippen LogP contribution >= 0.6 is 15.9 Å². The molecule has 1 aliphatic heterocycles. The van der Waals surface area contributed by atoms with Gasteiger partial charge in [0.05, 0.1) is 12.7 Å². The van der Waals surface area contributed by atoms with Gasteiger partial charge in [-0.25, -0.2) is 0 Å². The van der Waals surface area contributed by atoms with Gasteiger partial charge in [-0.05, 0) is 24.6 Å². The Bertz CT molecular complexity index is 316. The predicted molar refractivity (Wildman–Crippen MR) is 60.3 cm³/mol. The van der Waals surface area contributed by atoms with Gasteiger partial charge in [-0.3, -0.25) is 0 Å². The standard InChI is InChI=1S/C11H14BrNO/c1-8-11(14-6-5-13-8)9-3-2-4-10(12)7-9/h2-4,7-8,11,13H,5-6H2,1H3. The van der Waals surface area contributed by atoms with Gasteiger partial charge in [0.2, 0.25) is 0 Å². The van der Waals surface area contributed by atoms with Crippen LogP contribution in [-0.2, 0) is 4.74 Å². The minimum atomic E-state index is 0.182. The minimum Gasteiger partial charge on any atom is -0.371 e. The van der Waals surface area contributed by atoms with Crippen molar-refractivity contribution in [2.45, 2.75) is 19.1 Å². The highest BCUT2D eigenvalue weighted by Gasteiger charge is 2.22. The smallest absolute Gasteiger partial charge is 0.0976 e. The molecule has 1 N–H and O–H groups in total. The van der Waals surface area contributed by atoms with E-state index in [0.717, 1.165) is 17.6 Å². The molecule has 14 heavy (non-hydrogen) atoms. The molecule has 1 aromatic carbocycles. The number of rotatable bonds is 1. The lowest BCUT2D eigenvalue weighted by Gasteiger charge is -2.30. The van der Waals surface area contributed by atoms with Crippen LogP contribution < -0.4 is 5.32 Å². The van der Waals surface area contributed by atoms with Gasteiger partial charge in [-0.1, -0.05) is 28.1 Å². The predicted octanol–water partition coefficient (Wildman–Crippen LogP) is 2.50. The second-order valence-corrected chi connectivity index (χ2v) is 4.50.